The van der Waals surface area contributed by atoms with Crippen LogP contribution in [0.15, 0.2) is 59.6 Å². The third kappa shape index (κ3) is 7.04. The summed E-state index contributed by atoms with van der Waals surface area (Å²) in [6.07, 6.45) is 0.301. The minimum atomic E-state index is -0.371. The first-order valence-electron chi connectivity index (χ1n) is 9.81. The highest BCUT2D eigenvalue weighted by molar-refractivity contribution is 14.0. The number of hydrogen-bond donors (Lipinski definition) is 2. The molecule has 29 heavy (non-hydrogen) atoms. The molecule has 1 heterocycles. The van der Waals surface area contributed by atoms with E-state index in [9.17, 15) is 5.11 Å². The van der Waals surface area contributed by atoms with Gasteiger partial charge in [-0.15, -0.1) is 24.0 Å². The van der Waals surface area contributed by atoms with E-state index in [4.69, 9.17) is 17.3 Å². The summed E-state index contributed by atoms with van der Waals surface area (Å²) in [5, 5.41) is 10.6. The molecular weight excluding hydrogens is 499 g/mol. The van der Waals surface area contributed by atoms with Crippen LogP contribution in [-0.2, 0) is 0 Å². The summed E-state index contributed by atoms with van der Waals surface area (Å²) in [6, 6.07) is 18.2. The highest BCUT2D eigenvalue weighted by atomic mass is 127. The van der Waals surface area contributed by atoms with Crippen LogP contribution < -0.4 is 10.6 Å². The van der Waals surface area contributed by atoms with Gasteiger partial charge in [-0.05, 0) is 43.2 Å². The van der Waals surface area contributed by atoms with E-state index in [1.54, 1.807) is 0 Å². The Morgan fingerprint density at radius 1 is 1.07 bits per heavy atom. The molecule has 2 unspecified atom stereocenters. The Morgan fingerprint density at radius 3 is 2.28 bits per heavy atom. The topological polar surface area (TPSA) is 65.1 Å². The van der Waals surface area contributed by atoms with E-state index in [2.05, 4.69) is 39.1 Å². The van der Waals surface area contributed by atoms with Crippen LogP contribution in [0.2, 0.25) is 5.02 Å². The fourth-order valence-electron chi connectivity index (χ4n) is 3.60. The van der Waals surface area contributed by atoms with E-state index in [0.717, 1.165) is 31.2 Å². The number of halogens is 2. The van der Waals surface area contributed by atoms with Crippen molar-refractivity contribution in [2.24, 2.45) is 10.7 Å². The van der Waals surface area contributed by atoms with Gasteiger partial charge in [-0.3, -0.25) is 4.99 Å². The molecule has 0 radical (unpaired) electrons. The third-order valence-electron chi connectivity index (χ3n) is 5.17. The Bertz CT molecular complexity index is 762. The number of guanidine groups is 1. The lowest BCUT2D eigenvalue weighted by atomic mass is 9.93. The highest BCUT2D eigenvalue weighted by Crippen LogP contribution is 2.22. The molecule has 1 saturated heterocycles. The Balaban J connectivity index is 0.00000300. The van der Waals surface area contributed by atoms with Gasteiger partial charge in [0.05, 0.1) is 6.10 Å². The van der Waals surface area contributed by atoms with Crippen LogP contribution in [0.5, 0.6) is 0 Å². The van der Waals surface area contributed by atoms with Crippen molar-refractivity contribution in [3.63, 3.8) is 0 Å². The van der Waals surface area contributed by atoms with Crippen LogP contribution in [0.25, 0.3) is 0 Å². The van der Waals surface area contributed by atoms with Crippen LogP contribution in [0, 0.1) is 0 Å². The number of benzene rings is 2. The van der Waals surface area contributed by atoms with Gasteiger partial charge in [0.25, 0.3) is 0 Å². The van der Waals surface area contributed by atoms with Crippen LogP contribution >= 0.6 is 35.6 Å². The summed E-state index contributed by atoms with van der Waals surface area (Å²) in [5.41, 5.74) is 8.66. The second-order valence-electron chi connectivity index (χ2n) is 7.34. The molecule has 5 nitrogen and oxygen atoms in total. The second kappa shape index (κ2) is 11.6. The van der Waals surface area contributed by atoms with E-state index in [1.165, 1.54) is 11.3 Å². The molecule has 0 aromatic heterocycles. The average molecular weight is 529 g/mol. The first-order valence-corrected chi connectivity index (χ1v) is 10.2. The molecule has 2 aromatic rings. The zero-order valence-corrected chi connectivity index (χ0v) is 19.8. The maximum Gasteiger partial charge on any atom is 0.191 e. The van der Waals surface area contributed by atoms with Gasteiger partial charge >= 0.3 is 0 Å². The van der Waals surface area contributed by atoms with Gasteiger partial charge in [0.2, 0.25) is 0 Å². The van der Waals surface area contributed by atoms with Crippen molar-refractivity contribution in [1.29, 1.82) is 0 Å². The van der Waals surface area contributed by atoms with E-state index in [0.29, 0.717) is 18.9 Å². The van der Waals surface area contributed by atoms with Gasteiger partial charge in [-0.25, -0.2) is 0 Å². The fourth-order valence-corrected chi connectivity index (χ4v) is 3.73. The maximum atomic E-state index is 9.85. The van der Waals surface area contributed by atoms with Gasteiger partial charge in [-0.2, -0.15) is 0 Å². The molecule has 2 atom stereocenters. The monoisotopic (exact) mass is 528 g/mol. The van der Waals surface area contributed by atoms with Crippen LogP contribution in [0.4, 0.5) is 5.69 Å². The molecule has 0 aliphatic carbocycles. The lowest BCUT2D eigenvalue weighted by Gasteiger charge is -2.36. The fraction of sp³-hybridized carbons (Fsp3) is 0.409. The number of anilines is 1. The predicted molar refractivity (Wildman–Crippen MR) is 133 cm³/mol. The maximum absolute atomic E-state index is 9.85. The summed E-state index contributed by atoms with van der Waals surface area (Å²) in [5.74, 6) is 0.748. The van der Waals surface area contributed by atoms with Crippen LogP contribution in [0.3, 0.4) is 0 Å². The van der Waals surface area contributed by atoms with Crippen molar-refractivity contribution in [2.75, 3.05) is 37.6 Å². The van der Waals surface area contributed by atoms with Gasteiger partial charge in [0, 0.05) is 49.4 Å². The Hall–Kier alpha value is -1.51. The number of piperazine rings is 1. The van der Waals surface area contributed by atoms with E-state index < -0.39 is 0 Å². The number of aliphatic hydroxyl groups is 1. The first kappa shape index (κ1) is 23.8. The molecule has 0 saturated carbocycles. The zero-order valence-electron chi connectivity index (χ0n) is 16.7. The molecule has 0 bridgehead atoms. The molecule has 2 aromatic carbocycles. The third-order valence-corrected chi connectivity index (χ3v) is 5.42. The second-order valence-corrected chi connectivity index (χ2v) is 7.78. The van der Waals surface area contributed by atoms with Gasteiger partial charge in [0.15, 0.2) is 5.96 Å². The van der Waals surface area contributed by atoms with Crippen molar-refractivity contribution >= 4 is 47.2 Å². The number of rotatable bonds is 6. The van der Waals surface area contributed by atoms with Gasteiger partial charge in [0.1, 0.15) is 0 Å². The van der Waals surface area contributed by atoms with Crippen LogP contribution in [0.1, 0.15) is 24.8 Å². The Kier molecular flexibility index (Phi) is 9.52. The number of aliphatic hydroxyl groups excluding tert-OH is 1. The average Bonchev–Trinajstić information content (AvgIpc) is 2.72. The smallest absolute Gasteiger partial charge is 0.191 e. The van der Waals surface area contributed by atoms with Crippen molar-refractivity contribution in [3.8, 4) is 0 Å². The molecule has 0 spiro atoms. The predicted octanol–water partition coefficient (Wildman–Crippen LogP) is 3.95. The summed E-state index contributed by atoms with van der Waals surface area (Å²) in [7, 11) is 0. The molecule has 0 amide bonds. The highest BCUT2D eigenvalue weighted by Gasteiger charge is 2.19. The molecule has 7 heteroatoms. The van der Waals surface area contributed by atoms with Crippen molar-refractivity contribution in [3.05, 3.63) is 65.2 Å². The molecule has 1 aliphatic heterocycles. The van der Waals surface area contributed by atoms with Crippen molar-refractivity contribution in [1.82, 2.24) is 4.90 Å². The number of hydrogen-bond acceptors (Lipinski definition) is 3. The largest absolute Gasteiger partial charge is 0.393 e. The minimum Gasteiger partial charge on any atom is -0.393 e. The van der Waals surface area contributed by atoms with Crippen molar-refractivity contribution in [2.45, 2.75) is 25.4 Å². The SMILES string of the molecule is CC(O)CC(CN=C(N)N1CCN(c2ccc(Cl)cc2)CC1)c1ccccc1.I. The van der Waals surface area contributed by atoms with Gasteiger partial charge < -0.3 is 20.6 Å². The molecule has 1 fully saturated rings. The van der Waals surface area contributed by atoms with E-state index >= 15 is 0 Å². The minimum absolute atomic E-state index is 0. The number of aliphatic imine (C=N–C) groups is 1. The summed E-state index contributed by atoms with van der Waals surface area (Å²) < 4.78 is 0. The molecule has 1 aliphatic rings. The molecule has 3 rings (SSSR count). The Labute approximate surface area is 195 Å². The summed E-state index contributed by atoms with van der Waals surface area (Å²) in [6.45, 7) is 5.87. The number of nitrogens with zero attached hydrogens (tertiary/aromatic N) is 3. The van der Waals surface area contributed by atoms with Gasteiger partial charge in [-0.1, -0.05) is 41.9 Å². The van der Waals surface area contributed by atoms with E-state index in [1.807, 2.05) is 37.3 Å². The standard InChI is InChI=1S/C22H29ClN4O.HI/c1-17(28)15-19(18-5-3-2-4-6-18)16-25-22(24)27-13-11-26(12-14-27)21-9-7-20(23)8-10-21;/h2-10,17,19,28H,11-16H2,1H3,(H2,24,25);1H. The van der Waals surface area contributed by atoms with E-state index in [-0.39, 0.29) is 36.0 Å². The lowest BCUT2D eigenvalue weighted by molar-refractivity contribution is 0.175. The molecule has 3 N–H and O–H groups in total. The number of nitrogens with two attached hydrogens (primary N) is 1. The quantitative estimate of drug-likeness (QED) is 0.339. The first-order chi connectivity index (χ1) is 13.5. The molecular formula is C22H30ClIN4O. The summed E-state index contributed by atoms with van der Waals surface area (Å²) >= 11 is 5.98. The lowest BCUT2D eigenvalue weighted by Crippen LogP contribution is -2.51. The summed E-state index contributed by atoms with van der Waals surface area (Å²) in [4.78, 5) is 9.13. The normalized spacial score (nSPS) is 16.9. The zero-order chi connectivity index (χ0) is 19.9. The molecule has 158 valence electrons. The van der Waals surface area contributed by atoms with Crippen LogP contribution in [-0.4, -0.2) is 54.8 Å². The Morgan fingerprint density at radius 2 is 1.69 bits per heavy atom. The van der Waals surface area contributed by atoms with Crippen molar-refractivity contribution < 1.29 is 5.11 Å².